The first-order valence-electron chi connectivity index (χ1n) is 6.34. The van der Waals surface area contributed by atoms with Gasteiger partial charge in [-0.3, -0.25) is 0 Å². The summed E-state index contributed by atoms with van der Waals surface area (Å²) in [5.74, 6) is -0.123. The molecule has 0 aliphatic heterocycles. The van der Waals surface area contributed by atoms with E-state index in [4.69, 9.17) is 0 Å². The van der Waals surface area contributed by atoms with E-state index in [-0.39, 0.29) is 5.82 Å². The monoisotopic (exact) mass is 234 g/mol. The summed E-state index contributed by atoms with van der Waals surface area (Å²) in [6.45, 7) is 11.8. The lowest BCUT2D eigenvalue weighted by Crippen LogP contribution is -1.87. The third kappa shape index (κ3) is 3.55. The van der Waals surface area contributed by atoms with E-state index in [1.54, 1.807) is 0 Å². The molecule has 94 valence electrons. The molecule has 0 fully saturated rings. The van der Waals surface area contributed by atoms with Gasteiger partial charge in [0.2, 0.25) is 0 Å². The van der Waals surface area contributed by atoms with Crippen molar-refractivity contribution in [1.82, 2.24) is 0 Å². The lowest BCUT2D eigenvalue weighted by atomic mass is 10.0. The van der Waals surface area contributed by atoms with Crippen molar-refractivity contribution < 1.29 is 4.39 Å². The van der Waals surface area contributed by atoms with E-state index in [1.807, 2.05) is 65.8 Å². The average molecular weight is 234 g/mol. The molecule has 2 aromatic carbocycles. The number of aryl methyl sites for hydroxylation is 2. The highest BCUT2D eigenvalue weighted by molar-refractivity contribution is 5.88. The van der Waals surface area contributed by atoms with Crippen molar-refractivity contribution in [3.05, 3.63) is 47.3 Å². The maximum absolute atomic E-state index is 13.2. The van der Waals surface area contributed by atoms with Gasteiger partial charge in [0.05, 0.1) is 0 Å². The van der Waals surface area contributed by atoms with Crippen molar-refractivity contribution in [1.29, 1.82) is 0 Å². The van der Waals surface area contributed by atoms with Crippen LogP contribution < -0.4 is 0 Å². The van der Waals surface area contributed by atoms with Crippen molar-refractivity contribution in [2.24, 2.45) is 0 Å². The Bertz CT molecular complexity index is 458. The van der Waals surface area contributed by atoms with E-state index in [0.717, 1.165) is 21.9 Å². The summed E-state index contributed by atoms with van der Waals surface area (Å²) in [7, 11) is 0. The van der Waals surface area contributed by atoms with Crippen LogP contribution in [0.15, 0.2) is 30.3 Å². The first kappa shape index (κ1) is 15.6. The maximum atomic E-state index is 13.2. The van der Waals surface area contributed by atoms with Crippen LogP contribution in [0.1, 0.15) is 38.8 Å². The summed E-state index contributed by atoms with van der Waals surface area (Å²) in [4.78, 5) is 0. The van der Waals surface area contributed by atoms with Gasteiger partial charge in [-0.15, -0.1) is 0 Å². The summed E-state index contributed by atoms with van der Waals surface area (Å²) in [6, 6.07) is 9.36. The van der Waals surface area contributed by atoms with Gasteiger partial charge in [-0.05, 0) is 41.8 Å². The van der Waals surface area contributed by atoms with Gasteiger partial charge in [0.1, 0.15) is 5.82 Å². The van der Waals surface area contributed by atoms with Crippen molar-refractivity contribution >= 4 is 10.8 Å². The van der Waals surface area contributed by atoms with Gasteiger partial charge in [-0.2, -0.15) is 0 Å². The van der Waals surface area contributed by atoms with E-state index in [2.05, 4.69) is 0 Å². The molecule has 0 nitrogen and oxygen atoms in total. The summed E-state index contributed by atoms with van der Waals surface area (Å²) >= 11 is 0. The molecular weight excluding hydrogens is 211 g/mol. The van der Waals surface area contributed by atoms with Gasteiger partial charge >= 0.3 is 0 Å². The van der Waals surface area contributed by atoms with Crippen LogP contribution in [0.3, 0.4) is 0 Å². The van der Waals surface area contributed by atoms with Crippen molar-refractivity contribution in [3.8, 4) is 0 Å². The molecule has 0 heterocycles. The van der Waals surface area contributed by atoms with Gasteiger partial charge in [0.25, 0.3) is 0 Å². The predicted octanol–water partition coefficient (Wildman–Crippen LogP) is 5.65. The van der Waals surface area contributed by atoms with Gasteiger partial charge < -0.3 is 0 Å². The second-order valence-electron chi connectivity index (χ2n) is 3.35. The number of hydrogen-bond acceptors (Lipinski definition) is 0. The summed E-state index contributed by atoms with van der Waals surface area (Å²) in [5.41, 5.74) is 1.88. The normalized spacial score (nSPS) is 8.88. The van der Waals surface area contributed by atoms with E-state index in [0.29, 0.717) is 0 Å². The molecular formula is C16H23F. The number of fused-ring (bicyclic) bond motifs is 1. The minimum atomic E-state index is -0.123. The zero-order chi connectivity index (χ0) is 13.4. The van der Waals surface area contributed by atoms with Crippen LogP contribution >= 0.6 is 0 Å². The van der Waals surface area contributed by atoms with Gasteiger partial charge in [0.15, 0.2) is 0 Å². The van der Waals surface area contributed by atoms with Gasteiger partial charge in [0, 0.05) is 0 Å². The summed E-state index contributed by atoms with van der Waals surface area (Å²) < 4.78 is 13.2. The third-order valence-electron chi connectivity index (χ3n) is 2.45. The quantitative estimate of drug-likeness (QED) is 0.552. The lowest BCUT2D eigenvalue weighted by molar-refractivity contribution is 0.621. The molecule has 0 spiro atoms. The van der Waals surface area contributed by atoms with Crippen LogP contribution in [0.5, 0.6) is 0 Å². The molecule has 0 saturated carbocycles. The van der Waals surface area contributed by atoms with Gasteiger partial charge in [-0.1, -0.05) is 52.0 Å². The molecule has 0 saturated heterocycles. The Hall–Kier alpha value is -1.37. The fourth-order valence-electron chi connectivity index (χ4n) is 1.75. The molecule has 0 aliphatic carbocycles. The van der Waals surface area contributed by atoms with Crippen molar-refractivity contribution in [2.75, 3.05) is 0 Å². The Morgan fingerprint density at radius 2 is 1.41 bits per heavy atom. The Kier molecular flexibility index (Phi) is 7.20. The fraction of sp³-hybridized carbons (Fsp3) is 0.375. The Labute approximate surface area is 104 Å². The molecule has 0 bridgehead atoms. The molecule has 2 rings (SSSR count). The number of benzene rings is 2. The Morgan fingerprint density at radius 3 is 2.00 bits per heavy atom. The standard InChI is InChI=1S/C12H11F.2C2H6/c1-8-4-3-5-10-6-7-11(13)9(2)12(8)10;2*1-2/h3-7H,1-2H3;2*1-2H3. The predicted molar refractivity (Wildman–Crippen MR) is 76.1 cm³/mol. The fourth-order valence-corrected chi connectivity index (χ4v) is 1.75. The van der Waals surface area contributed by atoms with E-state index < -0.39 is 0 Å². The van der Waals surface area contributed by atoms with Crippen molar-refractivity contribution in [3.63, 3.8) is 0 Å². The molecule has 0 unspecified atom stereocenters. The van der Waals surface area contributed by atoms with E-state index in [9.17, 15) is 4.39 Å². The molecule has 0 N–H and O–H groups in total. The molecule has 1 heteroatoms. The minimum absolute atomic E-state index is 0.123. The second-order valence-corrected chi connectivity index (χ2v) is 3.35. The lowest BCUT2D eigenvalue weighted by Gasteiger charge is -2.05. The smallest absolute Gasteiger partial charge is 0.126 e. The van der Waals surface area contributed by atoms with Crippen LogP contribution in [0.25, 0.3) is 10.8 Å². The van der Waals surface area contributed by atoms with E-state index >= 15 is 0 Å². The number of rotatable bonds is 0. The molecule has 0 atom stereocenters. The Morgan fingerprint density at radius 1 is 0.824 bits per heavy atom. The second kappa shape index (κ2) is 7.83. The van der Waals surface area contributed by atoms with Crippen LogP contribution in [0.2, 0.25) is 0 Å². The number of halogens is 1. The topological polar surface area (TPSA) is 0 Å². The van der Waals surface area contributed by atoms with Crippen LogP contribution in [-0.4, -0.2) is 0 Å². The van der Waals surface area contributed by atoms with Crippen LogP contribution in [-0.2, 0) is 0 Å². The largest absolute Gasteiger partial charge is 0.207 e. The average Bonchev–Trinajstić information content (AvgIpc) is 2.39. The first-order valence-corrected chi connectivity index (χ1v) is 6.34. The number of hydrogen-bond donors (Lipinski definition) is 0. The van der Waals surface area contributed by atoms with Gasteiger partial charge in [-0.25, -0.2) is 4.39 Å². The summed E-state index contributed by atoms with van der Waals surface area (Å²) in [6.07, 6.45) is 0. The highest BCUT2D eigenvalue weighted by Gasteiger charge is 2.03. The maximum Gasteiger partial charge on any atom is 0.126 e. The zero-order valence-corrected chi connectivity index (χ0v) is 11.8. The third-order valence-corrected chi connectivity index (χ3v) is 2.45. The molecule has 0 aliphatic rings. The molecule has 17 heavy (non-hydrogen) atoms. The van der Waals surface area contributed by atoms with Crippen molar-refractivity contribution in [2.45, 2.75) is 41.5 Å². The highest BCUT2D eigenvalue weighted by Crippen LogP contribution is 2.23. The molecule has 0 amide bonds. The minimum Gasteiger partial charge on any atom is -0.207 e. The Balaban J connectivity index is 0.000000581. The van der Waals surface area contributed by atoms with Crippen LogP contribution in [0.4, 0.5) is 4.39 Å². The highest BCUT2D eigenvalue weighted by atomic mass is 19.1. The SMILES string of the molecule is CC.CC.Cc1cccc2ccc(F)c(C)c12. The molecule has 2 aromatic rings. The molecule has 0 radical (unpaired) electrons. The molecule has 0 aromatic heterocycles. The van der Waals surface area contributed by atoms with Crippen LogP contribution in [0, 0.1) is 19.7 Å². The zero-order valence-electron chi connectivity index (χ0n) is 11.8. The van der Waals surface area contributed by atoms with E-state index in [1.165, 1.54) is 6.07 Å². The summed E-state index contributed by atoms with van der Waals surface area (Å²) in [5, 5.41) is 2.15. The first-order chi connectivity index (χ1) is 8.20.